The fraction of sp³-hybridized carbons (Fsp3) is 0.842. The summed E-state index contributed by atoms with van der Waals surface area (Å²) in [5.41, 5.74) is 0. The van der Waals surface area contributed by atoms with Gasteiger partial charge in [-0.3, -0.25) is 0 Å². The quantitative estimate of drug-likeness (QED) is 0.279. The molecule has 0 atom stereocenters. The van der Waals surface area contributed by atoms with Crippen LogP contribution in [-0.2, 0) is 4.79 Å². The molecule has 0 unspecified atom stereocenters. The SMILES string of the molecule is CCCCCCCC/C=C\CCCCCCCC(=O)[O-].CO.[Na+]. The van der Waals surface area contributed by atoms with Crippen molar-refractivity contribution < 1.29 is 44.6 Å². The molecule has 0 aromatic rings. The van der Waals surface area contributed by atoms with Crippen molar-refractivity contribution in [1.29, 1.82) is 0 Å². The van der Waals surface area contributed by atoms with Gasteiger partial charge in [0.05, 0.1) is 0 Å². The van der Waals surface area contributed by atoms with E-state index in [0.717, 1.165) is 26.4 Å². The molecular formula is C19H37NaO3. The normalized spacial score (nSPS) is 10.0. The van der Waals surface area contributed by atoms with Crippen molar-refractivity contribution in [1.82, 2.24) is 0 Å². The minimum Gasteiger partial charge on any atom is -0.550 e. The molecule has 0 aromatic carbocycles. The third-order valence-corrected chi connectivity index (χ3v) is 3.64. The Morgan fingerprint density at radius 2 is 1.17 bits per heavy atom. The van der Waals surface area contributed by atoms with Gasteiger partial charge in [-0.2, -0.15) is 0 Å². The molecular weight excluding hydrogens is 299 g/mol. The van der Waals surface area contributed by atoms with Gasteiger partial charge in [-0.1, -0.05) is 70.4 Å². The Bertz CT molecular complexity index is 243. The number of carboxylic acid groups (broad SMARTS) is 1. The van der Waals surface area contributed by atoms with Gasteiger partial charge < -0.3 is 15.0 Å². The number of aliphatic hydroxyl groups excluding tert-OH is 1. The maximum atomic E-state index is 10.2. The van der Waals surface area contributed by atoms with Crippen LogP contribution in [-0.4, -0.2) is 18.2 Å². The number of aliphatic hydroxyl groups is 1. The summed E-state index contributed by atoms with van der Waals surface area (Å²) in [5, 5.41) is 17.2. The molecule has 0 aromatic heterocycles. The molecule has 132 valence electrons. The average molecular weight is 336 g/mol. The van der Waals surface area contributed by atoms with E-state index in [1.165, 1.54) is 64.2 Å². The molecule has 3 nitrogen and oxygen atoms in total. The smallest absolute Gasteiger partial charge is 0.550 e. The van der Waals surface area contributed by atoms with Crippen LogP contribution in [0.2, 0.25) is 0 Å². The zero-order valence-electron chi connectivity index (χ0n) is 15.8. The Labute approximate surface area is 166 Å². The zero-order valence-corrected chi connectivity index (χ0v) is 17.8. The fourth-order valence-corrected chi connectivity index (χ4v) is 2.34. The molecule has 1 N–H and O–H groups in total. The van der Waals surface area contributed by atoms with E-state index >= 15 is 0 Å². The summed E-state index contributed by atoms with van der Waals surface area (Å²) < 4.78 is 0. The molecule has 4 heteroatoms. The van der Waals surface area contributed by atoms with Crippen molar-refractivity contribution >= 4 is 5.97 Å². The molecule has 0 rings (SSSR count). The number of unbranched alkanes of at least 4 members (excludes halogenated alkanes) is 11. The maximum Gasteiger partial charge on any atom is 1.00 e. The number of carbonyl (C=O) groups is 1. The van der Waals surface area contributed by atoms with Crippen LogP contribution in [0, 0.1) is 0 Å². The minimum absolute atomic E-state index is 0. The summed E-state index contributed by atoms with van der Waals surface area (Å²) in [7, 11) is 1.00. The summed E-state index contributed by atoms with van der Waals surface area (Å²) >= 11 is 0. The third-order valence-electron chi connectivity index (χ3n) is 3.64. The first kappa shape index (κ1) is 28.0. The van der Waals surface area contributed by atoms with Crippen molar-refractivity contribution in [2.24, 2.45) is 0 Å². The van der Waals surface area contributed by atoms with Crippen LogP contribution in [0.4, 0.5) is 0 Å². The van der Waals surface area contributed by atoms with Gasteiger partial charge in [0.2, 0.25) is 0 Å². The molecule has 23 heavy (non-hydrogen) atoms. The van der Waals surface area contributed by atoms with Gasteiger partial charge in [-0.05, 0) is 38.5 Å². The molecule has 0 bridgehead atoms. The van der Waals surface area contributed by atoms with E-state index in [-0.39, 0.29) is 36.0 Å². The molecule has 0 spiro atoms. The van der Waals surface area contributed by atoms with Gasteiger partial charge >= 0.3 is 29.6 Å². The summed E-state index contributed by atoms with van der Waals surface area (Å²) in [4.78, 5) is 10.2. The molecule has 0 heterocycles. The van der Waals surface area contributed by atoms with Crippen molar-refractivity contribution in [3.05, 3.63) is 12.2 Å². The van der Waals surface area contributed by atoms with Gasteiger partial charge in [0.1, 0.15) is 0 Å². The first-order valence-corrected chi connectivity index (χ1v) is 9.07. The second-order valence-corrected chi connectivity index (χ2v) is 5.71. The number of rotatable bonds is 15. The van der Waals surface area contributed by atoms with Crippen LogP contribution in [0.1, 0.15) is 96.8 Å². The fourth-order valence-electron chi connectivity index (χ4n) is 2.34. The van der Waals surface area contributed by atoms with E-state index in [1.807, 2.05) is 0 Å². The van der Waals surface area contributed by atoms with Crippen LogP contribution >= 0.6 is 0 Å². The topological polar surface area (TPSA) is 60.4 Å². The first-order valence-electron chi connectivity index (χ1n) is 9.07. The van der Waals surface area contributed by atoms with E-state index in [1.54, 1.807) is 0 Å². The minimum atomic E-state index is -0.914. The summed E-state index contributed by atoms with van der Waals surface area (Å²) in [6, 6.07) is 0. The van der Waals surface area contributed by atoms with Crippen molar-refractivity contribution in [2.45, 2.75) is 96.8 Å². The Balaban J connectivity index is -0.00000128. The summed E-state index contributed by atoms with van der Waals surface area (Å²) in [6.45, 7) is 2.26. The van der Waals surface area contributed by atoms with Crippen molar-refractivity contribution in [2.75, 3.05) is 7.11 Å². The molecule has 0 aliphatic carbocycles. The predicted molar refractivity (Wildman–Crippen MR) is 92.6 cm³/mol. The molecule has 0 aliphatic heterocycles. The van der Waals surface area contributed by atoms with Gasteiger partial charge in [0.25, 0.3) is 0 Å². The largest absolute Gasteiger partial charge is 1.00 e. The molecule has 0 amide bonds. The van der Waals surface area contributed by atoms with E-state index in [2.05, 4.69) is 19.1 Å². The molecule has 0 fully saturated rings. The van der Waals surface area contributed by atoms with Crippen LogP contribution in [0.25, 0.3) is 0 Å². The maximum absolute atomic E-state index is 10.2. The molecule has 0 radical (unpaired) electrons. The first-order chi connectivity index (χ1) is 10.8. The molecule has 0 saturated heterocycles. The average Bonchev–Trinajstić information content (AvgIpc) is 2.53. The number of hydrogen-bond acceptors (Lipinski definition) is 3. The van der Waals surface area contributed by atoms with E-state index in [0.29, 0.717) is 0 Å². The van der Waals surface area contributed by atoms with Crippen LogP contribution < -0.4 is 34.7 Å². The van der Waals surface area contributed by atoms with Gasteiger partial charge in [-0.25, -0.2) is 0 Å². The Kier molecular flexibility index (Phi) is 32.9. The van der Waals surface area contributed by atoms with E-state index in [9.17, 15) is 9.90 Å². The van der Waals surface area contributed by atoms with Gasteiger partial charge in [0.15, 0.2) is 0 Å². The third kappa shape index (κ3) is 30.6. The number of aliphatic carboxylic acids is 1. The predicted octanol–water partition coefficient (Wildman–Crippen LogP) is 1.39. The van der Waals surface area contributed by atoms with Crippen molar-refractivity contribution in [3.63, 3.8) is 0 Å². The van der Waals surface area contributed by atoms with E-state index in [4.69, 9.17) is 5.11 Å². The van der Waals surface area contributed by atoms with Crippen LogP contribution in [0.15, 0.2) is 12.2 Å². The number of hydrogen-bond donors (Lipinski definition) is 1. The number of carbonyl (C=O) groups excluding carboxylic acids is 1. The monoisotopic (exact) mass is 336 g/mol. The van der Waals surface area contributed by atoms with Gasteiger partial charge in [-0.15, -0.1) is 0 Å². The van der Waals surface area contributed by atoms with Crippen LogP contribution in [0.3, 0.4) is 0 Å². The van der Waals surface area contributed by atoms with Crippen molar-refractivity contribution in [3.8, 4) is 0 Å². The van der Waals surface area contributed by atoms with E-state index < -0.39 is 5.97 Å². The molecule has 0 aliphatic rings. The Morgan fingerprint density at radius 1 is 0.783 bits per heavy atom. The van der Waals surface area contributed by atoms with Gasteiger partial charge in [0, 0.05) is 13.1 Å². The second-order valence-electron chi connectivity index (χ2n) is 5.71. The Morgan fingerprint density at radius 3 is 1.61 bits per heavy atom. The second kappa shape index (κ2) is 27.0. The zero-order chi connectivity index (χ0) is 16.9. The summed E-state index contributed by atoms with van der Waals surface area (Å²) in [5.74, 6) is -0.914. The number of allylic oxidation sites excluding steroid dienone is 2. The molecule has 0 saturated carbocycles. The van der Waals surface area contributed by atoms with Crippen LogP contribution in [0.5, 0.6) is 0 Å². The standard InChI is InChI=1S/C18H34O2.CH4O.Na/c1-2-3-4-5-6-7-8-9-10-11-12-13-14-15-16-17-18(19)20;1-2;/h9-10H,2-8,11-17H2,1H3,(H,19,20);2H,1H3;/q;;+1/p-1/b10-9-;;. The Hall–Kier alpha value is 0.170. The number of carboxylic acids is 1. The summed E-state index contributed by atoms with van der Waals surface area (Å²) in [6.07, 6.45) is 20.9.